The second-order valence-corrected chi connectivity index (χ2v) is 6.16. The molecule has 1 heterocycles. The Morgan fingerprint density at radius 3 is 2.74 bits per heavy atom. The molecule has 5 heteroatoms. The Bertz CT molecular complexity index is 516. The lowest BCUT2D eigenvalue weighted by atomic mass is 10.1. The topological polar surface area (TPSA) is 58.6 Å². The molecule has 1 atom stereocenters. The van der Waals surface area contributed by atoms with Crippen LogP contribution in [0, 0.1) is 5.92 Å². The van der Waals surface area contributed by atoms with E-state index in [1.165, 1.54) is 0 Å². The van der Waals surface area contributed by atoms with Gasteiger partial charge in [0, 0.05) is 25.4 Å². The molecule has 0 radical (unpaired) electrons. The summed E-state index contributed by atoms with van der Waals surface area (Å²) in [5.41, 5.74) is 1.11. The Morgan fingerprint density at radius 2 is 2.04 bits per heavy atom. The van der Waals surface area contributed by atoms with E-state index in [1.807, 2.05) is 49.1 Å². The van der Waals surface area contributed by atoms with Gasteiger partial charge in [0.15, 0.2) is 0 Å². The quantitative estimate of drug-likeness (QED) is 0.818. The molecule has 0 spiro atoms. The lowest BCUT2D eigenvalue weighted by Gasteiger charge is -2.33. The summed E-state index contributed by atoms with van der Waals surface area (Å²) in [6.07, 6.45) is 1.08. The van der Waals surface area contributed by atoms with Crippen LogP contribution in [-0.2, 0) is 14.3 Å². The zero-order valence-electron chi connectivity index (χ0n) is 14.0. The Morgan fingerprint density at radius 1 is 1.30 bits per heavy atom. The zero-order valence-corrected chi connectivity index (χ0v) is 14.0. The first-order valence-corrected chi connectivity index (χ1v) is 8.30. The van der Waals surface area contributed by atoms with Gasteiger partial charge in [-0.1, -0.05) is 44.2 Å². The Hall–Kier alpha value is -1.88. The van der Waals surface area contributed by atoms with Crippen LogP contribution in [0.1, 0.15) is 38.4 Å². The molecule has 1 aliphatic heterocycles. The van der Waals surface area contributed by atoms with E-state index in [0.717, 1.165) is 5.56 Å². The zero-order chi connectivity index (χ0) is 16.7. The lowest BCUT2D eigenvalue weighted by Crippen LogP contribution is -2.42. The SMILES string of the molecule is CC(C)C(=O)NCCCC(=O)N1CCOC(c2ccccc2)C1. The molecule has 2 amide bonds. The van der Waals surface area contributed by atoms with Crippen LogP contribution in [0.2, 0.25) is 0 Å². The van der Waals surface area contributed by atoms with Crippen molar-refractivity contribution in [2.45, 2.75) is 32.8 Å². The number of amides is 2. The maximum absolute atomic E-state index is 12.3. The molecular formula is C18H26N2O3. The normalized spacial score (nSPS) is 18.0. The smallest absolute Gasteiger partial charge is 0.222 e. The highest BCUT2D eigenvalue weighted by Gasteiger charge is 2.24. The van der Waals surface area contributed by atoms with E-state index in [1.54, 1.807) is 0 Å². The number of rotatable bonds is 6. The molecule has 1 unspecified atom stereocenters. The van der Waals surface area contributed by atoms with Crippen molar-refractivity contribution in [2.75, 3.05) is 26.2 Å². The maximum atomic E-state index is 12.3. The first-order chi connectivity index (χ1) is 11.1. The molecule has 5 nitrogen and oxygen atoms in total. The van der Waals surface area contributed by atoms with Gasteiger partial charge < -0.3 is 15.0 Å². The summed E-state index contributed by atoms with van der Waals surface area (Å²) in [5, 5.41) is 2.84. The van der Waals surface area contributed by atoms with E-state index in [0.29, 0.717) is 39.1 Å². The molecule has 1 N–H and O–H groups in total. The predicted octanol–water partition coefficient (Wildman–Crippen LogP) is 2.14. The highest BCUT2D eigenvalue weighted by molar-refractivity contribution is 5.78. The molecule has 2 rings (SSSR count). The van der Waals surface area contributed by atoms with Crippen LogP contribution in [0.15, 0.2) is 30.3 Å². The molecule has 126 valence electrons. The van der Waals surface area contributed by atoms with Gasteiger partial charge in [-0.05, 0) is 12.0 Å². The number of carbonyl (C=O) groups is 2. The largest absolute Gasteiger partial charge is 0.370 e. The van der Waals surface area contributed by atoms with E-state index >= 15 is 0 Å². The average Bonchev–Trinajstić information content (AvgIpc) is 2.59. The summed E-state index contributed by atoms with van der Waals surface area (Å²) in [7, 11) is 0. The third kappa shape index (κ3) is 5.36. The van der Waals surface area contributed by atoms with E-state index in [2.05, 4.69) is 5.32 Å². The van der Waals surface area contributed by atoms with Crippen LogP contribution in [0.5, 0.6) is 0 Å². The van der Waals surface area contributed by atoms with Crippen molar-refractivity contribution in [1.82, 2.24) is 10.2 Å². The number of morpholine rings is 1. The second-order valence-electron chi connectivity index (χ2n) is 6.16. The second kappa shape index (κ2) is 8.67. The number of hydrogen-bond donors (Lipinski definition) is 1. The minimum atomic E-state index is -0.0467. The van der Waals surface area contributed by atoms with Gasteiger partial charge >= 0.3 is 0 Å². The Kier molecular flexibility index (Phi) is 6.59. The van der Waals surface area contributed by atoms with Crippen LogP contribution in [0.3, 0.4) is 0 Å². The molecule has 0 saturated carbocycles. The van der Waals surface area contributed by atoms with E-state index in [-0.39, 0.29) is 23.8 Å². The minimum Gasteiger partial charge on any atom is -0.370 e. The highest BCUT2D eigenvalue weighted by Crippen LogP contribution is 2.22. The van der Waals surface area contributed by atoms with Crippen LogP contribution in [0.4, 0.5) is 0 Å². The summed E-state index contributed by atoms with van der Waals surface area (Å²) < 4.78 is 5.78. The predicted molar refractivity (Wildman–Crippen MR) is 88.8 cm³/mol. The van der Waals surface area contributed by atoms with Gasteiger partial charge in [-0.3, -0.25) is 9.59 Å². The molecule has 23 heavy (non-hydrogen) atoms. The lowest BCUT2D eigenvalue weighted by molar-refractivity contribution is -0.139. The molecule has 0 aliphatic carbocycles. The van der Waals surface area contributed by atoms with Gasteiger partial charge in [0.25, 0.3) is 0 Å². The molecule has 1 fully saturated rings. The molecule has 0 bridgehead atoms. The number of carbonyl (C=O) groups excluding carboxylic acids is 2. The summed E-state index contributed by atoms with van der Waals surface area (Å²) in [6.45, 7) is 6.07. The van der Waals surface area contributed by atoms with Crippen molar-refractivity contribution in [2.24, 2.45) is 5.92 Å². The number of benzene rings is 1. The molecule has 1 saturated heterocycles. The molecule has 1 aromatic rings. The first kappa shape index (κ1) is 17.5. The molecular weight excluding hydrogens is 292 g/mol. The molecule has 1 aromatic carbocycles. The number of nitrogens with zero attached hydrogens (tertiary/aromatic N) is 1. The minimum absolute atomic E-state index is 0.0171. The first-order valence-electron chi connectivity index (χ1n) is 8.30. The van der Waals surface area contributed by atoms with Gasteiger partial charge in [0.2, 0.25) is 11.8 Å². The number of ether oxygens (including phenoxy) is 1. The van der Waals surface area contributed by atoms with Crippen LogP contribution >= 0.6 is 0 Å². The van der Waals surface area contributed by atoms with Crippen molar-refractivity contribution in [3.63, 3.8) is 0 Å². The third-order valence-electron chi connectivity index (χ3n) is 3.98. The van der Waals surface area contributed by atoms with Gasteiger partial charge in [0.05, 0.1) is 13.2 Å². The fourth-order valence-electron chi connectivity index (χ4n) is 2.56. The standard InChI is InChI=1S/C18H26N2O3/c1-14(2)18(22)19-10-6-9-17(21)20-11-12-23-16(13-20)15-7-4-3-5-8-15/h3-5,7-8,14,16H,6,9-13H2,1-2H3,(H,19,22). The van der Waals surface area contributed by atoms with Crippen molar-refractivity contribution in [3.05, 3.63) is 35.9 Å². The highest BCUT2D eigenvalue weighted by atomic mass is 16.5. The van der Waals surface area contributed by atoms with Gasteiger partial charge in [-0.25, -0.2) is 0 Å². The summed E-state index contributed by atoms with van der Waals surface area (Å²) in [5.74, 6) is 0.151. The fraction of sp³-hybridized carbons (Fsp3) is 0.556. The van der Waals surface area contributed by atoms with Crippen LogP contribution < -0.4 is 5.32 Å². The van der Waals surface area contributed by atoms with Gasteiger partial charge in [0.1, 0.15) is 6.10 Å². The monoisotopic (exact) mass is 318 g/mol. The van der Waals surface area contributed by atoms with Gasteiger partial charge in [-0.15, -0.1) is 0 Å². The summed E-state index contributed by atoms with van der Waals surface area (Å²) in [6, 6.07) is 9.99. The Balaban J connectivity index is 1.75. The van der Waals surface area contributed by atoms with E-state index in [9.17, 15) is 9.59 Å². The number of hydrogen-bond acceptors (Lipinski definition) is 3. The van der Waals surface area contributed by atoms with Crippen LogP contribution in [-0.4, -0.2) is 43.0 Å². The maximum Gasteiger partial charge on any atom is 0.222 e. The van der Waals surface area contributed by atoms with Crippen molar-refractivity contribution in [1.29, 1.82) is 0 Å². The van der Waals surface area contributed by atoms with Crippen molar-refractivity contribution in [3.8, 4) is 0 Å². The number of nitrogens with one attached hydrogen (secondary N) is 1. The summed E-state index contributed by atoms with van der Waals surface area (Å²) in [4.78, 5) is 25.6. The molecule has 0 aromatic heterocycles. The van der Waals surface area contributed by atoms with Gasteiger partial charge in [-0.2, -0.15) is 0 Å². The Labute approximate surface area is 138 Å². The van der Waals surface area contributed by atoms with E-state index in [4.69, 9.17) is 4.74 Å². The van der Waals surface area contributed by atoms with Crippen LogP contribution in [0.25, 0.3) is 0 Å². The molecule has 1 aliphatic rings. The van der Waals surface area contributed by atoms with Crippen molar-refractivity contribution >= 4 is 11.8 Å². The fourth-order valence-corrected chi connectivity index (χ4v) is 2.56. The third-order valence-corrected chi connectivity index (χ3v) is 3.98. The van der Waals surface area contributed by atoms with E-state index < -0.39 is 0 Å². The summed E-state index contributed by atoms with van der Waals surface area (Å²) >= 11 is 0. The van der Waals surface area contributed by atoms with Crippen molar-refractivity contribution < 1.29 is 14.3 Å². The average molecular weight is 318 g/mol.